The van der Waals surface area contributed by atoms with Gasteiger partial charge in [-0.15, -0.1) is 0 Å². The van der Waals surface area contributed by atoms with E-state index in [-0.39, 0.29) is 11.7 Å². The van der Waals surface area contributed by atoms with Crippen LogP contribution in [0.15, 0.2) is 78.9 Å². The molecule has 0 saturated carbocycles. The number of aromatic nitrogens is 1. The lowest BCUT2D eigenvalue weighted by atomic mass is 10.2. The minimum absolute atomic E-state index is 0.250. The van der Waals surface area contributed by atoms with Crippen LogP contribution < -0.4 is 10.1 Å². The highest BCUT2D eigenvalue weighted by Crippen LogP contribution is 2.21. The monoisotopic (exact) mass is 374 g/mol. The summed E-state index contributed by atoms with van der Waals surface area (Å²) in [7, 11) is 1.75. The van der Waals surface area contributed by atoms with Gasteiger partial charge < -0.3 is 14.6 Å². The van der Waals surface area contributed by atoms with Crippen LogP contribution in [0.3, 0.4) is 0 Å². The molecule has 0 bridgehead atoms. The maximum Gasteiger partial charge on any atom is 0.272 e. The van der Waals surface area contributed by atoms with E-state index in [9.17, 15) is 9.18 Å². The molecule has 0 spiro atoms. The maximum absolute atomic E-state index is 13.5. The van der Waals surface area contributed by atoms with Gasteiger partial charge in [0.05, 0.1) is 5.52 Å². The van der Waals surface area contributed by atoms with Gasteiger partial charge in [-0.25, -0.2) is 4.39 Å². The number of ether oxygens (including phenoxy) is 1. The summed E-state index contributed by atoms with van der Waals surface area (Å²) in [4.78, 5) is 12.7. The maximum atomic E-state index is 13.5. The zero-order chi connectivity index (χ0) is 19.5. The summed E-state index contributed by atoms with van der Waals surface area (Å²) in [5, 5.41) is 3.72. The van der Waals surface area contributed by atoms with Crippen molar-refractivity contribution in [2.75, 3.05) is 5.32 Å². The highest BCUT2D eigenvalue weighted by molar-refractivity contribution is 6.06. The van der Waals surface area contributed by atoms with Gasteiger partial charge in [-0.05, 0) is 54.1 Å². The zero-order valence-electron chi connectivity index (χ0n) is 15.4. The number of halogens is 1. The fourth-order valence-corrected chi connectivity index (χ4v) is 3.14. The first-order chi connectivity index (χ1) is 13.6. The second-order valence-corrected chi connectivity index (χ2v) is 6.55. The average molecular weight is 374 g/mol. The number of nitrogens with zero attached hydrogens (tertiary/aromatic N) is 1. The Morgan fingerprint density at radius 3 is 2.64 bits per heavy atom. The zero-order valence-corrected chi connectivity index (χ0v) is 15.4. The molecule has 3 aromatic carbocycles. The molecule has 4 aromatic rings. The molecule has 28 heavy (non-hydrogen) atoms. The standard InChI is InChI=1S/C23H19FN2O2/c1-26-21-14-18(24)11-10-17(21)13-22(26)23(27)25-19-7-5-6-16(12-19)15-28-20-8-3-2-4-9-20/h2-14H,15H2,1H3,(H,25,27). The molecule has 0 radical (unpaired) electrons. The minimum atomic E-state index is -0.327. The summed E-state index contributed by atoms with van der Waals surface area (Å²) in [5.41, 5.74) is 2.76. The molecule has 4 nitrogen and oxygen atoms in total. The molecule has 1 N–H and O–H groups in total. The van der Waals surface area contributed by atoms with E-state index in [1.165, 1.54) is 12.1 Å². The molecule has 1 aromatic heterocycles. The predicted octanol–water partition coefficient (Wildman–Crippen LogP) is 5.15. The Morgan fingerprint density at radius 1 is 1.00 bits per heavy atom. The van der Waals surface area contributed by atoms with Crippen LogP contribution in [0.25, 0.3) is 10.9 Å². The van der Waals surface area contributed by atoms with Crippen LogP contribution in [0.2, 0.25) is 0 Å². The molecular formula is C23H19FN2O2. The Bertz CT molecular complexity index is 1140. The third-order valence-corrected chi connectivity index (χ3v) is 4.57. The molecule has 4 rings (SSSR count). The molecule has 0 saturated heterocycles. The molecule has 5 heteroatoms. The SMILES string of the molecule is Cn1c(C(=O)Nc2cccc(COc3ccccc3)c2)cc2ccc(F)cc21. The number of nitrogens with one attached hydrogen (secondary N) is 1. The van der Waals surface area contributed by atoms with E-state index in [0.29, 0.717) is 23.5 Å². The summed E-state index contributed by atoms with van der Waals surface area (Å²) < 4.78 is 20.9. The summed E-state index contributed by atoms with van der Waals surface area (Å²) in [6.45, 7) is 0.404. The van der Waals surface area contributed by atoms with E-state index in [2.05, 4.69) is 5.32 Å². The van der Waals surface area contributed by atoms with Crippen molar-refractivity contribution in [3.8, 4) is 5.75 Å². The topological polar surface area (TPSA) is 43.3 Å². The van der Waals surface area contributed by atoms with Gasteiger partial charge in [-0.3, -0.25) is 4.79 Å². The van der Waals surface area contributed by atoms with Crippen molar-refractivity contribution in [3.05, 3.63) is 95.9 Å². The van der Waals surface area contributed by atoms with Crippen molar-refractivity contribution in [1.82, 2.24) is 4.57 Å². The highest BCUT2D eigenvalue weighted by Gasteiger charge is 2.14. The molecule has 0 aliphatic rings. The number of fused-ring (bicyclic) bond motifs is 1. The molecule has 1 amide bonds. The summed E-state index contributed by atoms with van der Waals surface area (Å²) >= 11 is 0. The molecule has 0 unspecified atom stereocenters. The fraction of sp³-hybridized carbons (Fsp3) is 0.0870. The first-order valence-corrected chi connectivity index (χ1v) is 8.93. The average Bonchev–Trinajstić information content (AvgIpc) is 3.04. The van der Waals surface area contributed by atoms with Crippen molar-refractivity contribution in [2.45, 2.75) is 6.61 Å². The van der Waals surface area contributed by atoms with Crippen LogP contribution in [-0.4, -0.2) is 10.5 Å². The number of amides is 1. The largest absolute Gasteiger partial charge is 0.489 e. The third-order valence-electron chi connectivity index (χ3n) is 4.57. The van der Waals surface area contributed by atoms with Gasteiger partial charge in [0.1, 0.15) is 23.9 Å². The van der Waals surface area contributed by atoms with Crippen LogP contribution in [0, 0.1) is 5.82 Å². The number of para-hydroxylation sites is 1. The summed E-state index contributed by atoms with van der Waals surface area (Å²) in [5.74, 6) is 0.215. The first-order valence-electron chi connectivity index (χ1n) is 8.93. The Labute approximate surface area is 162 Å². The van der Waals surface area contributed by atoms with Crippen LogP contribution >= 0.6 is 0 Å². The lowest BCUT2D eigenvalue weighted by molar-refractivity contribution is 0.101. The minimum Gasteiger partial charge on any atom is -0.489 e. The fourth-order valence-electron chi connectivity index (χ4n) is 3.14. The van der Waals surface area contributed by atoms with Gasteiger partial charge in [0.25, 0.3) is 5.91 Å². The van der Waals surface area contributed by atoms with E-state index >= 15 is 0 Å². The molecule has 1 heterocycles. The Balaban J connectivity index is 1.50. The van der Waals surface area contributed by atoms with Gasteiger partial charge in [0.15, 0.2) is 0 Å². The number of benzene rings is 3. The molecule has 0 fully saturated rings. The van der Waals surface area contributed by atoms with E-state index in [1.807, 2.05) is 54.6 Å². The van der Waals surface area contributed by atoms with Crippen molar-refractivity contribution < 1.29 is 13.9 Å². The summed E-state index contributed by atoms with van der Waals surface area (Å²) in [6, 6.07) is 23.3. The molecule has 0 atom stereocenters. The number of hydrogen-bond acceptors (Lipinski definition) is 2. The van der Waals surface area contributed by atoms with Crippen molar-refractivity contribution in [1.29, 1.82) is 0 Å². The number of carbonyl (C=O) groups excluding carboxylic acids is 1. The predicted molar refractivity (Wildman–Crippen MR) is 108 cm³/mol. The van der Waals surface area contributed by atoms with Crippen LogP contribution in [0.4, 0.5) is 10.1 Å². The van der Waals surface area contributed by atoms with E-state index < -0.39 is 0 Å². The van der Waals surface area contributed by atoms with Crippen molar-refractivity contribution >= 4 is 22.5 Å². The van der Waals surface area contributed by atoms with Gasteiger partial charge in [-0.1, -0.05) is 30.3 Å². The number of anilines is 1. The second-order valence-electron chi connectivity index (χ2n) is 6.55. The van der Waals surface area contributed by atoms with Crippen LogP contribution in [0.5, 0.6) is 5.75 Å². The number of carbonyl (C=O) groups is 1. The Hall–Kier alpha value is -3.60. The second kappa shape index (κ2) is 7.56. The highest BCUT2D eigenvalue weighted by atomic mass is 19.1. The van der Waals surface area contributed by atoms with E-state index in [0.717, 1.165) is 16.7 Å². The quantitative estimate of drug-likeness (QED) is 0.525. The van der Waals surface area contributed by atoms with Gasteiger partial charge in [0.2, 0.25) is 0 Å². The van der Waals surface area contributed by atoms with Gasteiger partial charge >= 0.3 is 0 Å². The third kappa shape index (κ3) is 3.74. The molecule has 0 aliphatic carbocycles. The normalized spacial score (nSPS) is 10.8. The molecule has 140 valence electrons. The van der Waals surface area contributed by atoms with Crippen LogP contribution in [0.1, 0.15) is 16.1 Å². The smallest absolute Gasteiger partial charge is 0.272 e. The first kappa shape index (κ1) is 17.8. The lowest BCUT2D eigenvalue weighted by Crippen LogP contribution is -2.15. The van der Waals surface area contributed by atoms with E-state index in [4.69, 9.17) is 4.74 Å². The summed E-state index contributed by atoms with van der Waals surface area (Å²) in [6.07, 6.45) is 0. The number of rotatable bonds is 5. The number of aryl methyl sites for hydroxylation is 1. The van der Waals surface area contributed by atoms with Gasteiger partial charge in [0, 0.05) is 18.1 Å². The number of hydrogen-bond donors (Lipinski definition) is 1. The van der Waals surface area contributed by atoms with Crippen LogP contribution in [-0.2, 0) is 13.7 Å². The molecular weight excluding hydrogens is 355 g/mol. The lowest BCUT2D eigenvalue weighted by Gasteiger charge is -2.10. The van der Waals surface area contributed by atoms with Gasteiger partial charge in [-0.2, -0.15) is 0 Å². The van der Waals surface area contributed by atoms with Crippen molar-refractivity contribution in [2.24, 2.45) is 7.05 Å². The van der Waals surface area contributed by atoms with E-state index in [1.54, 1.807) is 23.7 Å². The Morgan fingerprint density at radius 2 is 1.82 bits per heavy atom. The van der Waals surface area contributed by atoms with Crippen molar-refractivity contribution in [3.63, 3.8) is 0 Å². The molecule has 0 aliphatic heterocycles. The Kier molecular flexibility index (Phi) is 4.81.